The van der Waals surface area contributed by atoms with Gasteiger partial charge in [-0.15, -0.1) is 0 Å². The zero-order chi connectivity index (χ0) is 16.4. The van der Waals surface area contributed by atoms with E-state index in [1.54, 1.807) is 12.4 Å². The number of H-pyrrole nitrogens is 1. The maximum atomic E-state index is 12.1. The molecule has 1 aromatic carbocycles. The molecule has 0 atom stereocenters. The SMILES string of the molecule is O=C(NCc1ccccn1)c1nc(-c2c[nH]c3ccccc23)no1. The van der Waals surface area contributed by atoms with Crippen molar-refractivity contribution in [2.45, 2.75) is 6.54 Å². The molecule has 0 unspecified atom stereocenters. The topological polar surface area (TPSA) is 96.7 Å². The van der Waals surface area contributed by atoms with Gasteiger partial charge < -0.3 is 14.8 Å². The number of pyridine rings is 1. The van der Waals surface area contributed by atoms with E-state index in [4.69, 9.17) is 4.52 Å². The van der Waals surface area contributed by atoms with Gasteiger partial charge in [-0.3, -0.25) is 9.78 Å². The number of para-hydroxylation sites is 1. The molecule has 118 valence electrons. The molecule has 7 nitrogen and oxygen atoms in total. The Bertz CT molecular complexity index is 990. The van der Waals surface area contributed by atoms with E-state index in [9.17, 15) is 4.79 Å². The van der Waals surface area contributed by atoms with E-state index in [1.807, 2.05) is 42.5 Å². The minimum Gasteiger partial charge on any atom is -0.360 e. The number of amides is 1. The fourth-order valence-corrected chi connectivity index (χ4v) is 2.43. The molecule has 1 amide bonds. The number of benzene rings is 1. The first kappa shape index (κ1) is 14.1. The molecule has 0 aliphatic carbocycles. The van der Waals surface area contributed by atoms with E-state index < -0.39 is 5.91 Å². The molecule has 24 heavy (non-hydrogen) atoms. The number of nitrogens with one attached hydrogen (secondary N) is 2. The molecule has 0 saturated heterocycles. The Kier molecular flexibility index (Phi) is 3.51. The van der Waals surface area contributed by atoms with Gasteiger partial charge >= 0.3 is 11.8 Å². The number of hydrogen-bond donors (Lipinski definition) is 2. The van der Waals surface area contributed by atoms with Crippen LogP contribution in [0.3, 0.4) is 0 Å². The molecular formula is C17H13N5O2. The highest BCUT2D eigenvalue weighted by molar-refractivity contribution is 5.94. The third-order valence-corrected chi connectivity index (χ3v) is 3.61. The summed E-state index contributed by atoms with van der Waals surface area (Å²) >= 11 is 0. The van der Waals surface area contributed by atoms with Crippen LogP contribution < -0.4 is 5.32 Å². The van der Waals surface area contributed by atoms with Crippen LogP contribution in [0.2, 0.25) is 0 Å². The van der Waals surface area contributed by atoms with Crippen molar-refractivity contribution in [2.24, 2.45) is 0 Å². The predicted octanol–water partition coefficient (Wildman–Crippen LogP) is 2.54. The van der Waals surface area contributed by atoms with E-state index in [-0.39, 0.29) is 5.89 Å². The van der Waals surface area contributed by atoms with Crippen LogP contribution in [0.5, 0.6) is 0 Å². The number of carbonyl (C=O) groups is 1. The summed E-state index contributed by atoms with van der Waals surface area (Å²) in [5, 5.41) is 7.58. The van der Waals surface area contributed by atoms with Crippen molar-refractivity contribution in [3.8, 4) is 11.4 Å². The van der Waals surface area contributed by atoms with Crippen molar-refractivity contribution in [3.63, 3.8) is 0 Å². The van der Waals surface area contributed by atoms with Crippen molar-refractivity contribution in [3.05, 3.63) is 66.4 Å². The molecule has 0 aliphatic heterocycles. The highest BCUT2D eigenvalue weighted by Crippen LogP contribution is 2.26. The molecule has 0 fully saturated rings. The van der Waals surface area contributed by atoms with Crippen LogP contribution in [0.25, 0.3) is 22.3 Å². The molecular weight excluding hydrogens is 306 g/mol. The van der Waals surface area contributed by atoms with E-state index in [2.05, 4.69) is 25.4 Å². The monoisotopic (exact) mass is 319 g/mol. The third kappa shape index (κ3) is 2.63. The van der Waals surface area contributed by atoms with Gasteiger partial charge in [0.2, 0.25) is 5.82 Å². The maximum Gasteiger partial charge on any atom is 0.316 e. The van der Waals surface area contributed by atoms with Crippen LogP contribution in [0.1, 0.15) is 16.4 Å². The minimum absolute atomic E-state index is 0.0776. The summed E-state index contributed by atoms with van der Waals surface area (Å²) < 4.78 is 5.08. The Morgan fingerprint density at radius 2 is 2.04 bits per heavy atom. The van der Waals surface area contributed by atoms with Gasteiger partial charge in [0.15, 0.2) is 0 Å². The van der Waals surface area contributed by atoms with Crippen molar-refractivity contribution in [1.82, 2.24) is 25.4 Å². The molecule has 3 aromatic heterocycles. The lowest BCUT2D eigenvalue weighted by Gasteiger charge is -2.00. The highest BCUT2D eigenvalue weighted by atomic mass is 16.5. The maximum absolute atomic E-state index is 12.1. The Hall–Kier alpha value is -3.48. The Morgan fingerprint density at radius 3 is 2.92 bits per heavy atom. The first-order chi connectivity index (χ1) is 11.8. The molecule has 0 aliphatic rings. The fraction of sp³-hybridized carbons (Fsp3) is 0.0588. The summed E-state index contributed by atoms with van der Waals surface area (Å²) in [5.74, 6) is -0.138. The molecule has 4 rings (SSSR count). The van der Waals surface area contributed by atoms with Crippen molar-refractivity contribution in [1.29, 1.82) is 0 Å². The molecule has 0 radical (unpaired) electrons. The standard InChI is InChI=1S/C17H13N5O2/c23-16(20-9-11-5-3-4-8-18-11)17-21-15(22-24-17)13-10-19-14-7-2-1-6-12(13)14/h1-8,10,19H,9H2,(H,20,23). The number of rotatable bonds is 4. The second-order valence-corrected chi connectivity index (χ2v) is 5.17. The molecule has 3 heterocycles. The van der Waals surface area contributed by atoms with Gasteiger partial charge in [-0.2, -0.15) is 4.98 Å². The van der Waals surface area contributed by atoms with E-state index in [0.29, 0.717) is 12.4 Å². The average Bonchev–Trinajstić information content (AvgIpc) is 3.27. The zero-order valence-electron chi connectivity index (χ0n) is 12.6. The number of aromatic nitrogens is 4. The van der Waals surface area contributed by atoms with Crippen LogP contribution in [-0.2, 0) is 6.54 Å². The normalized spacial score (nSPS) is 10.8. The van der Waals surface area contributed by atoms with Crippen LogP contribution >= 0.6 is 0 Å². The van der Waals surface area contributed by atoms with Crippen molar-refractivity contribution >= 4 is 16.8 Å². The summed E-state index contributed by atoms with van der Waals surface area (Å²) in [6.45, 7) is 0.296. The quantitative estimate of drug-likeness (QED) is 0.602. The summed E-state index contributed by atoms with van der Waals surface area (Å²) in [4.78, 5) is 23.6. The van der Waals surface area contributed by atoms with Gasteiger partial charge in [0.1, 0.15) is 0 Å². The third-order valence-electron chi connectivity index (χ3n) is 3.61. The van der Waals surface area contributed by atoms with Crippen LogP contribution in [0.4, 0.5) is 0 Å². The molecule has 0 spiro atoms. The van der Waals surface area contributed by atoms with E-state index in [0.717, 1.165) is 22.2 Å². The summed E-state index contributed by atoms with van der Waals surface area (Å²) in [5.41, 5.74) is 2.51. The number of aromatic amines is 1. The Balaban J connectivity index is 1.53. The van der Waals surface area contributed by atoms with Gasteiger partial charge in [-0.1, -0.05) is 29.4 Å². The van der Waals surface area contributed by atoms with Crippen LogP contribution in [0.15, 0.2) is 59.4 Å². The van der Waals surface area contributed by atoms with Crippen LogP contribution in [-0.4, -0.2) is 26.0 Å². The first-order valence-corrected chi connectivity index (χ1v) is 7.39. The van der Waals surface area contributed by atoms with Gasteiger partial charge in [0, 0.05) is 28.9 Å². The molecule has 2 N–H and O–H groups in total. The zero-order valence-corrected chi connectivity index (χ0v) is 12.6. The predicted molar refractivity (Wildman–Crippen MR) is 87.0 cm³/mol. The lowest BCUT2D eigenvalue weighted by molar-refractivity contribution is 0.0906. The van der Waals surface area contributed by atoms with Gasteiger partial charge in [-0.25, -0.2) is 0 Å². The van der Waals surface area contributed by atoms with E-state index in [1.165, 1.54) is 0 Å². The number of hydrogen-bond acceptors (Lipinski definition) is 5. The van der Waals surface area contributed by atoms with Gasteiger partial charge in [-0.05, 0) is 18.2 Å². The van der Waals surface area contributed by atoms with Crippen LogP contribution in [0, 0.1) is 0 Å². The lowest BCUT2D eigenvalue weighted by Crippen LogP contribution is -2.23. The molecule has 7 heteroatoms. The average molecular weight is 319 g/mol. The Morgan fingerprint density at radius 1 is 1.17 bits per heavy atom. The fourth-order valence-electron chi connectivity index (χ4n) is 2.43. The van der Waals surface area contributed by atoms with Gasteiger partial charge in [0.05, 0.1) is 12.2 Å². The minimum atomic E-state index is -0.431. The number of carbonyl (C=O) groups excluding carboxylic acids is 1. The summed E-state index contributed by atoms with van der Waals surface area (Å²) in [7, 11) is 0. The second kappa shape index (κ2) is 5.96. The molecule has 0 saturated carbocycles. The lowest BCUT2D eigenvalue weighted by atomic mass is 10.2. The highest BCUT2D eigenvalue weighted by Gasteiger charge is 2.17. The first-order valence-electron chi connectivity index (χ1n) is 7.39. The summed E-state index contributed by atoms with van der Waals surface area (Å²) in [6, 6.07) is 13.3. The molecule has 0 bridgehead atoms. The summed E-state index contributed by atoms with van der Waals surface area (Å²) in [6.07, 6.45) is 3.47. The second-order valence-electron chi connectivity index (χ2n) is 5.17. The largest absolute Gasteiger partial charge is 0.360 e. The van der Waals surface area contributed by atoms with E-state index >= 15 is 0 Å². The Labute approximate surface area is 136 Å². The number of fused-ring (bicyclic) bond motifs is 1. The van der Waals surface area contributed by atoms with Crippen molar-refractivity contribution < 1.29 is 9.32 Å². The van der Waals surface area contributed by atoms with Gasteiger partial charge in [0.25, 0.3) is 0 Å². The molecule has 4 aromatic rings. The van der Waals surface area contributed by atoms with Crippen molar-refractivity contribution in [2.75, 3.05) is 0 Å². The smallest absolute Gasteiger partial charge is 0.316 e. The number of nitrogens with zero attached hydrogens (tertiary/aromatic N) is 3.